The smallest absolute Gasteiger partial charge is 0.339 e. The number of nitrogen functional groups attached to an aromatic ring is 1. The minimum absolute atomic E-state index is 0.0119. The van der Waals surface area contributed by atoms with Crippen LogP contribution in [0, 0.1) is 10.8 Å². The Morgan fingerprint density at radius 1 is 1.10 bits per heavy atom. The van der Waals surface area contributed by atoms with Crippen LogP contribution in [0.2, 0.25) is 0 Å². The number of carbonyl (C=O) groups is 3. The van der Waals surface area contributed by atoms with Gasteiger partial charge in [0.05, 0.1) is 5.84 Å². The normalized spacial score (nSPS) is 13.7. The third-order valence-corrected chi connectivity index (χ3v) is 6.53. The molecule has 1 heterocycles. The summed E-state index contributed by atoms with van der Waals surface area (Å²) < 4.78 is 6.02. The molecule has 3 rings (SSSR count). The van der Waals surface area contributed by atoms with Gasteiger partial charge in [0.25, 0.3) is 0 Å². The number of nitrogens with zero attached hydrogens (tertiary/aromatic N) is 2. The number of hydrogen-bond acceptors (Lipinski definition) is 7. The first kappa shape index (κ1) is 29.7. The number of nitrogens with one attached hydrogen (secondary N) is 2. The highest BCUT2D eigenvalue weighted by atomic mass is 16.5. The van der Waals surface area contributed by atoms with Crippen LogP contribution in [-0.4, -0.2) is 70.3 Å². The van der Waals surface area contributed by atoms with Gasteiger partial charge in [-0.1, -0.05) is 12.2 Å². The van der Waals surface area contributed by atoms with Crippen molar-refractivity contribution < 1.29 is 29.3 Å². The van der Waals surface area contributed by atoms with E-state index < -0.39 is 17.8 Å². The van der Waals surface area contributed by atoms with Crippen LogP contribution in [0.5, 0.6) is 11.5 Å². The fraction of sp³-hybridized carbons (Fsp3) is 0.321. The largest absolute Gasteiger partial charge is 0.507 e. The van der Waals surface area contributed by atoms with Crippen molar-refractivity contribution in [3.05, 3.63) is 59.2 Å². The molecule has 2 aromatic rings. The Kier molecular flexibility index (Phi) is 9.85. The number of anilines is 1. The number of likely N-dealkylation sites (tertiary alicyclic amines) is 1. The van der Waals surface area contributed by atoms with E-state index >= 15 is 0 Å². The predicted octanol–water partition coefficient (Wildman–Crippen LogP) is 2.53. The number of piperidine rings is 1. The van der Waals surface area contributed by atoms with Crippen LogP contribution in [0.3, 0.4) is 0 Å². The number of aromatic carboxylic acids is 1. The molecule has 2 aromatic carbocycles. The molecule has 1 aliphatic heterocycles. The lowest BCUT2D eigenvalue weighted by atomic mass is 10.1. The number of carboxylic acids is 1. The van der Waals surface area contributed by atoms with Crippen molar-refractivity contribution in [1.29, 1.82) is 10.8 Å². The molecular formula is C28H34N6O6. The second-order valence-corrected chi connectivity index (χ2v) is 9.44. The van der Waals surface area contributed by atoms with Crippen molar-refractivity contribution in [3.63, 3.8) is 0 Å². The summed E-state index contributed by atoms with van der Waals surface area (Å²) in [5, 5.41) is 35.4. The van der Waals surface area contributed by atoms with E-state index in [1.165, 1.54) is 35.2 Å². The SMILES string of the molecule is CC(=N)N1CCC(Oc2ccc(N(CC=Cc3cc(C(=N)N)ccc3O)C(=O)CCC(N)=O)cc2C(=O)O)CC1. The summed E-state index contributed by atoms with van der Waals surface area (Å²) in [6.45, 7) is 2.99. The van der Waals surface area contributed by atoms with Gasteiger partial charge in [-0.15, -0.1) is 0 Å². The van der Waals surface area contributed by atoms with Gasteiger partial charge in [-0.05, 0) is 43.3 Å². The van der Waals surface area contributed by atoms with Gasteiger partial charge >= 0.3 is 5.97 Å². The number of aromatic hydroxyl groups is 1. The Morgan fingerprint density at radius 3 is 2.40 bits per heavy atom. The summed E-state index contributed by atoms with van der Waals surface area (Å²) in [5.41, 5.74) is 11.7. The van der Waals surface area contributed by atoms with Crippen molar-refractivity contribution >= 4 is 41.2 Å². The quantitative estimate of drug-likeness (QED) is 0.180. The molecule has 8 N–H and O–H groups in total. The molecule has 1 saturated heterocycles. The number of phenolic OH excluding ortho intramolecular Hbond substituents is 1. The van der Waals surface area contributed by atoms with E-state index in [0.717, 1.165) is 0 Å². The van der Waals surface area contributed by atoms with Gasteiger partial charge in [0.2, 0.25) is 11.8 Å². The average molecular weight is 551 g/mol. The van der Waals surface area contributed by atoms with E-state index in [9.17, 15) is 24.6 Å². The first-order valence-corrected chi connectivity index (χ1v) is 12.7. The lowest BCUT2D eigenvalue weighted by molar-refractivity contribution is -0.123. The summed E-state index contributed by atoms with van der Waals surface area (Å²) >= 11 is 0. The number of carbonyl (C=O) groups excluding carboxylic acids is 2. The third-order valence-electron chi connectivity index (χ3n) is 6.53. The molecule has 40 heavy (non-hydrogen) atoms. The van der Waals surface area contributed by atoms with E-state index in [2.05, 4.69) is 0 Å². The van der Waals surface area contributed by atoms with Crippen LogP contribution < -0.4 is 21.1 Å². The molecule has 2 amide bonds. The van der Waals surface area contributed by atoms with Crippen molar-refractivity contribution in [1.82, 2.24) is 4.90 Å². The fourth-order valence-electron chi connectivity index (χ4n) is 4.30. The highest BCUT2D eigenvalue weighted by Gasteiger charge is 2.24. The number of primary amides is 1. The minimum atomic E-state index is -1.23. The number of carboxylic acid groups (broad SMARTS) is 1. The van der Waals surface area contributed by atoms with Gasteiger partial charge in [0.1, 0.15) is 29.0 Å². The van der Waals surface area contributed by atoms with Crippen LogP contribution in [0.4, 0.5) is 5.69 Å². The molecule has 1 fully saturated rings. The van der Waals surface area contributed by atoms with Crippen LogP contribution in [0.1, 0.15) is 54.1 Å². The zero-order valence-electron chi connectivity index (χ0n) is 22.2. The Balaban J connectivity index is 1.86. The molecule has 0 aliphatic carbocycles. The van der Waals surface area contributed by atoms with E-state index in [-0.39, 0.29) is 54.1 Å². The summed E-state index contributed by atoms with van der Waals surface area (Å²) in [7, 11) is 0. The number of ether oxygens (including phenoxy) is 1. The van der Waals surface area contributed by atoms with Gasteiger partial charge < -0.3 is 36.2 Å². The number of amides is 2. The predicted molar refractivity (Wildman–Crippen MR) is 151 cm³/mol. The van der Waals surface area contributed by atoms with Gasteiger partial charge in [-0.25, -0.2) is 4.79 Å². The zero-order chi connectivity index (χ0) is 29.4. The molecule has 1 aliphatic rings. The summed E-state index contributed by atoms with van der Waals surface area (Å²) in [6, 6.07) is 8.86. The molecular weight excluding hydrogens is 516 g/mol. The van der Waals surface area contributed by atoms with E-state index in [1.807, 2.05) is 4.90 Å². The topological polar surface area (TPSA) is 207 Å². The molecule has 0 saturated carbocycles. The van der Waals surface area contributed by atoms with Crippen LogP contribution in [0.15, 0.2) is 42.5 Å². The third kappa shape index (κ3) is 7.82. The van der Waals surface area contributed by atoms with Crippen LogP contribution >= 0.6 is 0 Å². The molecule has 212 valence electrons. The maximum Gasteiger partial charge on any atom is 0.339 e. The molecule has 12 nitrogen and oxygen atoms in total. The monoisotopic (exact) mass is 550 g/mol. The van der Waals surface area contributed by atoms with Gasteiger partial charge in [-0.3, -0.25) is 20.4 Å². The van der Waals surface area contributed by atoms with Crippen LogP contribution in [-0.2, 0) is 9.59 Å². The molecule has 0 unspecified atom stereocenters. The van der Waals surface area contributed by atoms with Gasteiger partial charge in [0.15, 0.2) is 0 Å². The highest BCUT2D eigenvalue weighted by Crippen LogP contribution is 2.29. The van der Waals surface area contributed by atoms with Crippen molar-refractivity contribution in [3.8, 4) is 11.5 Å². The summed E-state index contributed by atoms with van der Waals surface area (Å²) in [4.78, 5) is 39.7. The Labute approximate surface area is 231 Å². The Bertz CT molecular complexity index is 1330. The maximum absolute atomic E-state index is 13.1. The van der Waals surface area contributed by atoms with Crippen molar-refractivity contribution in [2.75, 3.05) is 24.5 Å². The lowest BCUT2D eigenvalue weighted by Gasteiger charge is -2.33. The lowest BCUT2D eigenvalue weighted by Crippen LogP contribution is -2.40. The maximum atomic E-state index is 13.1. The second-order valence-electron chi connectivity index (χ2n) is 9.44. The number of amidine groups is 2. The highest BCUT2D eigenvalue weighted by molar-refractivity contribution is 5.98. The van der Waals surface area contributed by atoms with E-state index in [0.29, 0.717) is 42.9 Å². The van der Waals surface area contributed by atoms with Gasteiger partial charge in [-0.2, -0.15) is 0 Å². The number of benzene rings is 2. The first-order valence-electron chi connectivity index (χ1n) is 12.7. The number of phenols is 1. The fourth-order valence-corrected chi connectivity index (χ4v) is 4.30. The zero-order valence-corrected chi connectivity index (χ0v) is 22.2. The number of rotatable bonds is 11. The molecule has 0 spiro atoms. The van der Waals surface area contributed by atoms with E-state index in [1.54, 1.807) is 25.1 Å². The summed E-state index contributed by atoms with van der Waals surface area (Å²) in [6.07, 6.45) is 3.84. The minimum Gasteiger partial charge on any atom is -0.507 e. The number of nitrogens with two attached hydrogens (primary N) is 2. The first-order chi connectivity index (χ1) is 19.0. The Morgan fingerprint density at radius 2 is 1.80 bits per heavy atom. The molecule has 0 aromatic heterocycles. The molecule has 0 bridgehead atoms. The average Bonchev–Trinajstić information content (AvgIpc) is 2.91. The standard InChI is InChI=1S/C28H34N6O6/c1-17(29)33-13-10-21(11-14-33)40-24-7-5-20(16-22(24)28(38)39)34(26(37)9-8-25(30)36)12-2-3-18-15-19(27(31)32)4-6-23(18)35/h2-7,15-16,21,29,35H,8-14H2,1H3,(H2,30,36)(H3,31,32)(H,38,39). The second kappa shape index (κ2) is 13.3. The number of hydrogen-bond donors (Lipinski definition) is 6. The van der Waals surface area contributed by atoms with Gasteiger partial charge in [0, 0.05) is 62.1 Å². The van der Waals surface area contributed by atoms with Crippen molar-refractivity contribution in [2.24, 2.45) is 11.5 Å². The Hall–Kier alpha value is -4.87. The summed E-state index contributed by atoms with van der Waals surface area (Å²) in [5.74, 6) is -1.89. The molecule has 0 atom stereocenters. The molecule has 0 radical (unpaired) electrons. The van der Waals surface area contributed by atoms with E-state index in [4.69, 9.17) is 27.0 Å². The van der Waals surface area contributed by atoms with Crippen molar-refractivity contribution in [2.45, 2.75) is 38.7 Å². The van der Waals surface area contributed by atoms with Crippen LogP contribution in [0.25, 0.3) is 6.08 Å². The molecule has 12 heteroatoms.